The van der Waals surface area contributed by atoms with E-state index in [2.05, 4.69) is 26.3 Å². The maximum Gasteiger partial charge on any atom is 0.160 e. The number of alkyl halides is 1. The molecule has 0 amide bonds. The van der Waals surface area contributed by atoms with E-state index in [4.69, 9.17) is 32.7 Å². The van der Waals surface area contributed by atoms with Gasteiger partial charge in [-0.15, -0.1) is 0 Å². The lowest BCUT2D eigenvalue weighted by atomic mass is 9.90. The Morgan fingerprint density at radius 1 is 1.00 bits per heavy atom. The van der Waals surface area contributed by atoms with E-state index in [9.17, 15) is 0 Å². The smallest absolute Gasteiger partial charge is 0.160 e. The third-order valence-corrected chi connectivity index (χ3v) is 8.28. The van der Waals surface area contributed by atoms with Crippen molar-refractivity contribution in [1.82, 2.24) is 20.9 Å². The summed E-state index contributed by atoms with van der Waals surface area (Å²) in [5, 5.41) is 14.9. The molecule has 3 fully saturated rings. The average Bonchev–Trinajstić information content (AvgIpc) is 3.39. The maximum atomic E-state index is 7.08. The maximum absolute atomic E-state index is 7.08. The molecule has 192 valence electrons. The lowest BCUT2D eigenvalue weighted by Crippen LogP contribution is -2.43. The van der Waals surface area contributed by atoms with Crippen LogP contribution in [0.5, 0.6) is 0 Å². The summed E-state index contributed by atoms with van der Waals surface area (Å²) < 4.78 is 11.0. The van der Waals surface area contributed by atoms with E-state index in [1.165, 1.54) is 0 Å². The fourth-order valence-electron chi connectivity index (χ4n) is 5.43. The van der Waals surface area contributed by atoms with E-state index >= 15 is 0 Å². The number of allylic oxidation sites excluding steroid dienone is 2. The number of aromatic nitrogens is 1. The van der Waals surface area contributed by atoms with Gasteiger partial charge in [0.25, 0.3) is 0 Å². The zero-order valence-corrected chi connectivity index (χ0v) is 21.7. The summed E-state index contributed by atoms with van der Waals surface area (Å²) in [5.74, 6) is 2.32. The van der Waals surface area contributed by atoms with Gasteiger partial charge in [0.2, 0.25) is 0 Å². The third-order valence-electron chi connectivity index (χ3n) is 7.56. The molecule has 4 N–H and O–H groups in total. The van der Waals surface area contributed by atoms with Crippen molar-refractivity contribution in [2.45, 2.75) is 68.1 Å². The van der Waals surface area contributed by atoms with Crippen LogP contribution < -0.4 is 21.3 Å². The molecule has 2 atom stereocenters. The van der Waals surface area contributed by atoms with E-state index in [1.54, 1.807) is 6.20 Å². The molecule has 0 bridgehead atoms. The minimum Gasteiger partial charge on any atom is -0.381 e. The van der Waals surface area contributed by atoms with Gasteiger partial charge in [-0.05, 0) is 69.1 Å². The van der Waals surface area contributed by atoms with Crippen molar-refractivity contribution >= 4 is 29.0 Å². The number of dihydropyridines is 1. The van der Waals surface area contributed by atoms with E-state index in [1.807, 2.05) is 24.3 Å². The highest BCUT2D eigenvalue weighted by atomic mass is 35.5. The number of nitrogens with one attached hydrogen (secondary N) is 4. The van der Waals surface area contributed by atoms with Gasteiger partial charge in [0.15, 0.2) is 5.00 Å². The molecule has 3 aliphatic heterocycles. The average molecular weight is 523 g/mol. The molecular formula is C26H37Cl2N5O2. The number of rotatable bonds is 8. The van der Waals surface area contributed by atoms with Crippen LogP contribution in [0, 0.1) is 5.92 Å². The van der Waals surface area contributed by atoms with Gasteiger partial charge < -0.3 is 30.7 Å². The first-order valence-corrected chi connectivity index (χ1v) is 13.8. The van der Waals surface area contributed by atoms with Gasteiger partial charge in [0, 0.05) is 56.3 Å². The molecule has 7 nitrogen and oxygen atoms in total. The Labute approximate surface area is 218 Å². The van der Waals surface area contributed by atoms with Crippen LogP contribution in [-0.4, -0.2) is 56.1 Å². The van der Waals surface area contributed by atoms with Crippen molar-refractivity contribution in [2.24, 2.45) is 5.92 Å². The summed E-state index contributed by atoms with van der Waals surface area (Å²) in [6.45, 7) is 4.31. The number of pyridine rings is 1. The molecule has 0 spiro atoms. The first-order valence-electron chi connectivity index (χ1n) is 13.0. The van der Waals surface area contributed by atoms with Gasteiger partial charge in [-0.3, -0.25) is 0 Å². The Morgan fingerprint density at radius 3 is 2.54 bits per heavy atom. The minimum absolute atomic E-state index is 0.395. The van der Waals surface area contributed by atoms with Gasteiger partial charge in [-0.25, -0.2) is 4.98 Å². The molecule has 35 heavy (non-hydrogen) atoms. The lowest BCUT2D eigenvalue weighted by molar-refractivity contribution is 0.0668. The second-order valence-corrected chi connectivity index (χ2v) is 11.2. The standard InChI is InChI=1S/C26H37Cl2N5O2/c27-23-16-30-25(32-20-5-3-19(4-6-20)31-21-9-13-35-17-21)14-22(23)26(28)10-1-2-24(33-26)29-15-18-7-11-34-12-8-18/h1-2,10,14,16,18-21,29,31,33H,3-9,11-13,15,17H2,(H,30,32). The van der Waals surface area contributed by atoms with Crippen molar-refractivity contribution in [3.05, 3.63) is 46.9 Å². The van der Waals surface area contributed by atoms with E-state index in [0.717, 1.165) is 95.1 Å². The summed E-state index contributed by atoms with van der Waals surface area (Å²) in [4.78, 5) is 3.61. The van der Waals surface area contributed by atoms with Crippen LogP contribution in [0.25, 0.3) is 0 Å². The fraction of sp³-hybridized carbons (Fsp3) is 0.654. The third kappa shape index (κ3) is 6.63. The van der Waals surface area contributed by atoms with Gasteiger partial charge in [-0.2, -0.15) is 0 Å². The normalized spacial score (nSPS) is 31.6. The largest absolute Gasteiger partial charge is 0.381 e. The number of anilines is 1. The molecule has 4 heterocycles. The van der Waals surface area contributed by atoms with Crippen molar-refractivity contribution in [2.75, 3.05) is 38.3 Å². The van der Waals surface area contributed by atoms with Crippen LogP contribution >= 0.6 is 23.2 Å². The fourth-order valence-corrected chi connectivity index (χ4v) is 6.06. The highest BCUT2D eigenvalue weighted by Gasteiger charge is 2.32. The molecule has 9 heteroatoms. The topological polar surface area (TPSA) is 79.5 Å². The molecule has 1 aromatic heterocycles. The number of ether oxygens (including phenoxy) is 2. The van der Waals surface area contributed by atoms with Gasteiger partial charge in [0.1, 0.15) is 11.6 Å². The summed E-state index contributed by atoms with van der Waals surface area (Å²) in [5.41, 5.74) is 0.796. The summed E-state index contributed by atoms with van der Waals surface area (Å²) >= 11 is 13.7. The molecule has 1 aliphatic carbocycles. The van der Waals surface area contributed by atoms with E-state index < -0.39 is 5.00 Å². The first kappa shape index (κ1) is 25.2. The minimum atomic E-state index is -0.936. The summed E-state index contributed by atoms with van der Waals surface area (Å²) in [6, 6.07) is 3.47. The zero-order valence-electron chi connectivity index (χ0n) is 20.2. The van der Waals surface area contributed by atoms with Gasteiger partial charge >= 0.3 is 0 Å². The molecule has 1 aromatic rings. The molecule has 2 saturated heterocycles. The second-order valence-electron chi connectivity index (χ2n) is 10.2. The first-order chi connectivity index (χ1) is 17.1. The Bertz CT molecular complexity index is 909. The van der Waals surface area contributed by atoms with Crippen molar-refractivity contribution in [1.29, 1.82) is 0 Å². The Balaban J connectivity index is 1.16. The highest BCUT2D eigenvalue weighted by molar-refractivity contribution is 6.33. The Morgan fingerprint density at radius 2 is 1.77 bits per heavy atom. The predicted molar refractivity (Wildman–Crippen MR) is 141 cm³/mol. The second kappa shape index (κ2) is 11.7. The predicted octanol–water partition coefficient (Wildman–Crippen LogP) is 4.25. The van der Waals surface area contributed by atoms with Crippen LogP contribution in [0.2, 0.25) is 5.02 Å². The molecular weight excluding hydrogens is 485 g/mol. The van der Waals surface area contributed by atoms with Crippen molar-refractivity contribution in [3.63, 3.8) is 0 Å². The van der Waals surface area contributed by atoms with E-state index in [0.29, 0.717) is 29.1 Å². The number of hydrogen-bond acceptors (Lipinski definition) is 7. The van der Waals surface area contributed by atoms with Gasteiger partial charge in [-0.1, -0.05) is 29.3 Å². The molecule has 1 saturated carbocycles. The molecule has 5 rings (SSSR count). The number of hydrogen-bond donors (Lipinski definition) is 4. The Kier molecular flexibility index (Phi) is 8.40. The molecule has 2 unspecified atom stereocenters. The molecule has 4 aliphatic rings. The number of nitrogens with zero attached hydrogens (tertiary/aromatic N) is 1. The lowest BCUT2D eigenvalue weighted by Gasteiger charge is -2.33. The van der Waals surface area contributed by atoms with E-state index in [-0.39, 0.29) is 0 Å². The molecule has 0 radical (unpaired) electrons. The summed E-state index contributed by atoms with van der Waals surface area (Å²) in [6.07, 6.45) is 15.4. The zero-order chi connectivity index (χ0) is 24.1. The quantitative estimate of drug-likeness (QED) is 0.301. The Hall–Kier alpha value is -1.51. The monoisotopic (exact) mass is 521 g/mol. The van der Waals surface area contributed by atoms with Crippen LogP contribution in [0.15, 0.2) is 36.3 Å². The van der Waals surface area contributed by atoms with Crippen LogP contribution in [0.4, 0.5) is 5.82 Å². The molecule has 0 aromatic carbocycles. The highest BCUT2D eigenvalue weighted by Crippen LogP contribution is 2.37. The summed E-state index contributed by atoms with van der Waals surface area (Å²) in [7, 11) is 0. The number of halogens is 2. The van der Waals surface area contributed by atoms with Crippen LogP contribution in [0.3, 0.4) is 0 Å². The SMILES string of the molecule is Clc1cnc(NC2CCC(NC3CCOC3)CC2)cc1C1(Cl)C=CC=C(NCC2CCOCC2)N1. The van der Waals surface area contributed by atoms with Crippen LogP contribution in [-0.2, 0) is 14.5 Å². The van der Waals surface area contributed by atoms with Crippen LogP contribution in [0.1, 0.15) is 50.5 Å². The van der Waals surface area contributed by atoms with Crippen molar-refractivity contribution < 1.29 is 9.47 Å². The van der Waals surface area contributed by atoms with Crippen molar-refractivity contribution in [3.8, 4) is 0 Å². The van der Waals surface area contributed by atoms with Gasteiger partial charge in [0.05, 0.1) is 11.6 Å².